The van der Waals surface area contributed by atoms with E-state index in [4.69, 9.17) is 15.2 Å². The van der Waals surface area contributed by atoms with Crippen molar-refractivity contribution in [2.24, 2.45) is 16.6 Å². The van der Waals surface area contributed by atoms with Gasteiger partial charge in [-0.3, -0.25) is 9.79 Å². The molecule has 2 rings (SSSR count). The number of aryl methyl sites for hydroxylation is 1. The van der Waals surface area contributed by atoms with E-state index in [0.29, 0.717) is 26.4 Å². The first kappa shape index (κ1) is 29.4. The quantitative estimate of drug-likeness (QED) is 0.145. The third kappa shape index (κ3) is 11.4. The highest BCUT2D eigenvalue weighted by Gasteiger charge is 2.22. The van der Waals surface area contributed by atoms with Crippen LogP contribution < -0.4 is 21.1 Å². The van der Waals surface area contributed by atoms with E-state index in [1.165, 1.54) is 5.56 Å². The molecule has 0 bridgehead atoms. The van der Waals surface area contributed by atoms with Gasteiger partial charge in [-0.1, -0.05) is 12.1 Å². The molecular formula is C24H42IN5O3. The Labute approximate surface area is 216 Å². The largest absolute Gasteiger partial charge is 0.491 e. The first-order valence-electron chi connectivity index (χ1n) is 11.8. The number of nitrogens with one attached hydrogen (secondary N) is 2. The molecular weight excluding hydrogens is 533 g/mol. The zero-order valence-corrected chi connectivity index (χ0v) is 22.7. The Morgan fingerprint density at radius 2 is 1.97 bits per heavy atom. The molecule has 1 fully saturated rings. The van der Waals surface area contributed by atoms with E-state index in [-0.39, 0.29) is 35.8 Å². The minimum absolute atomic E-state index is 0. The van der Waals surface area contributed by atoms with Gasteiger partial charge in [0.15, 0.2) is 5.96 Å². The summed E-state index contributed by atoms with van der Waals surface area (Å²) in [5, 5.41) is 6.76. The number of piperidine rings is 1. The van der Waals surface area contributed by atoms with Crippen LogP contribution in [0, 0.1) is 12.8 Å². The van der Waals surface area contributed by atoms with Crippen LogP contribution in [-0.4, -0.2) is 69.8 Å². The number of nitrogens with zero attached hydrogens (tertiary/aromatic N) is 2. The summed E-state index contributed by atoms with van der Waals surface area (Å²) in [4.78, 5) is 18.0. The molecule has 8 nitrogen and oxygen atoms in total. The fourth-order valence-corrected chi connectivity index (χ4v) is 3.80. The predicted molar refractivity (Wildman–Crippen MR) is 144 cm³/mol. The number of rotatable bonds is 13. The summed E-state index contributed by atoms with van der Waals surface area (Å²) >= 11 is 0. The number of carbonyl (C=O) groups excluding carboxylic acids is 1. The number of likely N-dealkylation sites (tertiary alicyclic amines) is 1. The fraction of sp³-hybridized carbons (Fsp3) is 0.667. The van der Waals surface area contributed by atoms with Crippen molar-refractivity contribution in [1.82, 2.24) is 15.5 Å². The smallest absolute Gasteiger partial charge is 0.220 e. The summed E-state index contributed by atoms with van der Waals surface area (Å²) in [5.74, 6) is 1.58. The summed E-state index contributed by atoms with van der Waals surface area (Å²) in [5.41, 5.74) is 7.67. The lowest BCUT2D eigenvalue weighted by Gasteiger charge is -2.30. The Hall–Kier alpha value is -1.59. The van der Waals surface area contributed by atoms with E-state index in [9.17, 15) is 4.79 Å². The van der Waals surface area contributed by atoms with Crippen LogP contribution in [0.5, 0.6) is 5.75 Å². The molecule has 33 heavy (non-hydrogen) atoms. The number of carbonyl (C=O) groups is 1. The number of benzene rings is 1. The number of unbranched alkanes of at least 4 members (excludes halogenated alkanes) is 1. The Kier molecular flexibility index (Phi) is 15.1. The highest BCUT2D eigenvalue weighted by atomic mass is 127. The maximum absolute atomic E-state index is 11.3. The van der Waals surface area contributed by atoms with Crippen molar-refractivity contribution in [3.63, 3.8) is 0 Å². The third-order valence-electron chi connectivity index (χ3n) is 5.77. The van der Waals surface area contributed by atoms with Gasteiger partial charge in [-0.15, -0.1) is 24.0 Å². The maximum Gasteiger partial charge on any atom is 0.220 e. The molecule has 1 aromatic carbocycles. The van der Waals surface area contributed by atoms with Crippen LogP contribution >= 0.6 is 24.0 Å². The van der Waals surface area contributed by atoms with Gasteiger partial charge in [0.25, 0.3) is 0 Å². The van der Waals surface area contributed by atoms with Gasteiger partial charge in [0.2, 0.25) is 5.91 Å². The van der Waals surface area contributed by atoms with E-state index >= 15 is 0 Å². The van der Waals surface area contributed by atoms with Crippen LogP contribution in [0.15, 0.2) is 23.2 Å². The zero-order chi connectivity index (χ0) is 23.2. The molecule has 188 valence electrons. The summed E-state index contributed by atoms with van der Waals surface area (Å²) < 4.78 is 11.3. The normalized spacial score (nSPS) is 15.1. The van der Waals surface area contributed by atoms with Crippen LogP contribution in [0.2, 0.25) is 0 Å². The molecule has 4 N–H and O–H groups in total. The highest BCUT2D eigenvalue weighted by molar-refractivity contribution is 14.0. The van der Waals surface area contributed by atoms with Gasteiger partial charge in [0, 0.05) is 38.2 Å². The molecule has 1 aromatic rings. The number of primary amides is 1. The van der Waals surface area contributed by atoms with Crippen molar-refractivity contribution in [2.45, 2.75) is 46.1 Å². The SMILES string of the molecule is CCOCCOc1cc(C)ccc1CNC(=NC)NCCCCN1CCC(C(N)=O)CC1.I. The Bertz CT molecular complexity index is 724. The van der Waals surface area contributed by atoms with E-state index in [2.05, 4.69) is 45.6 Å². The monoisotopic (exact) mass is 575 g/mol. The second-order valence-electron chi connectivity index (χ2n) is 8.23. The molecule has 9 heteroatoms. The first-order chi connectivity index (χ1) is 15.5. The molecule has 0 aliphatic carbocycles. The van der Waals surface area contributed by atoms with Crippen LogP contribution in [-0.2, 0) is 16.1 Å². The average Bonchev–Trinajstić information content (AvgIpc) is 2.79. The summed E-state index contributed by atoms with van der Waals surface area (Å²) in [7, 11) is 1.78. The Balaban J connectivity index is 0.00000544. The fourth-order valence-electron chi connectivity index (χ4n) is 3.80. The van der Waals surface area contributed by atoms with Gasteiger partial charge in [0.05, 0.1) is 6.61 Å². The van der Waals surface area contributed by atoms with Crippen molar-refractivity contribution >= 4 is 35.8 Å². The lowest BCUT2D eigenvalue weighted by molar-refractivity contribution is -0.123. The van der Waals surface area contributed by atoms with Gasteiger partial charge in [-0.2, -0.15) is 0 Å². The Morgan fingerprint density at radius 3 is 2.64 bits per heavy atom. The molecule has 1 saturated heterocycles. The number of hydrogen-bond donors (Lipinski definition) is 3. The molecule has 1 amide bonds. The molecule has 1 aliphatic heterocycles. The standard InChI is InChI=1S/C24H41N5O3.HI/c1-4-31-15-16-32-22-17-19(2)7-8-21(22)18-28-24(26-3)27-11-5-6-12-29-13-9-20(10-14-29)23(25)30;/h7-8,17,20H,4-6,9-16,18H2,1-3H3,(H2,25,30)(H2,26,27,28);1H. The van der Waals surface area contributed by atoms with Gasteiger partial charge >= 0.3 is 0 Å². The third-order valence-corrected chi connectivity index (χ3v) is 5.77. The number of amides is 1. The molecule has 1 aliphatic rings. The molecule has 0 unspecified atom stereocenters. The number of aliphatic imine (C=N–C) groups is 1. The highest BCUT2D eigenvalue weighted by Crippen LogP contribution is 2.20. The summed E-state index contributed by atoms with van der Waals surface area (Å²) in [6, 6.07) is 6.24. The zero-order valence-electron chi connectivity index (χ0n) is 20.4. The second kappa shape index (κ2) is 16.9. The van der Waals surface area contributed by atoms with E-state index in [1.807, 2.05) is 6.92 Å². The van der Waals surface area contributed by atoms with Crippen molar-refractivity contribution in [3.8, 4) is 5.75 Å². The first-order valence-corrected chi connectivity index (χ1v) is 11.8. The van der Waals surface area contributed by atoms with E-state index < -0.39 is 0 Å². The summed E-state index contributed by atoms with van der Waals surface area (Å²) in [6.45, 7) is 10.4. The molecule has 0 atom stereocenters. The van der Waals surface area contributed by atoms with Crippen LogP contribution in [0.25, 0.3) is 0 Å². The maximum atomic E-state index is 11.3. The molecule has 0 radical (unpaired) electrons. The van der Waals surface area contributed by atoms with Gasteiger partial charge in [0.1, 0.15) is 12.4 Å². The lowest BCUT2D eigenvalue weighted by Crippen LogP contribution is -2.39. The van der Waals surface area contributed by atoms with Crippen LogP contribution in [0.1, 0.15) is 43.7 Å². The number of nitrogens with two attached hydrogens (primary N) is 1. The lowest BCUT2D eigenvalue weighted by atomic mass is 9.96. The van der Waals surface area contributed by atoms with Gasteiger partial charge in [-0.05, 0) is 70.8 Å². The molecule has 1 heterocycles. The van der Waals surface area contributed by atoms with Crippen LogP contribution in [0.4, 0.5) is 0 Å². The molecule has 0 spiro atoms. The van der Waals surface area contributed by atoms with Gasteiger partial charge < -0.3 is 30.7 Å². The average molecular weight is 576 g/mol. The van der Waals surface area contributed by atoms with E-state index in [0.717, 1.165) is 69.1 Å². The van der Waals surface area contributed by atoms with Crippen molar-refractivity contribution in [3.05, 3.63) is 29.3 Å². The predicted octanol–water partition coefficient (Wildman–Crippen LogP) is 2.67. The second-order valence-corrected chi connectivity index (χ2v) is 8.23. The van der Waals surface area contributed by atoms with Crippen molar-refractivity contribution in [2.75, 3.05) is 53.0 Å². The Morgan fingerprint density at radius 1 is 1.21 bits per heavy atom. The summed E-state index contributed by atoms with van der Waals surface area (Å²) in [6.07, 6.45) is 3.95. The topological polar surface area (TPSA) is 101 Å². The molecule has 0 aromatic heterocycles. The van der Waals surface area contributed by atoms with Crippen LogP contribution in [0.3, 0.4) is 0 Å². The van der Waals surface area contributed by atoms with Crippen molar-refractivity contribution in [1.29, 1.82) is 0 Å². The van der Waals surface area contributed by atoms with E-state index in [1.54, 1.807) is 7.05 Å². The van der Waals surface area contributed by atoms with Gasteiger partial charge in [-0.25, -0.2) is 0 Å². The minimum Gasteiger partial charge on any atom is -0.491 e. The minimum atomic E-state index is -0.150. The number of guanidine groups is 1. The number of halogens is 1. The van der Waals surface area contributed by atoms with Crippen molar-refractivity contribution < 1.29 is 14.3 Å². The number of ether oxygens (including phenoxy) is 2. The number of hydrogen-bond acceptors (Lipinski definition) is 5. The molecule has 0 saturated carbocycles.